The van der Waals surface area contributed by atoms with E-state index in [4.69, 9.17) is 5.26 Å². The maximum atomic E-state index is 13.2. The fourth-order valence-electron chi connectivity index (χ4n) is 4.38. The van der Waals surface area contributed by atoms with Crippen LogP contribution in [0.1, 0.15) is 22.7 Å². The van der Waals surface area contributed by atoms with Gasteiger partial charge in [-0.05, 0) is 41.8 Å². The first-order chi connectivity index (χ1) is 18.3. The van der Waals surface area contributed by atoms with Gasteiger partial charge in [0.05, 0.1) is 30.1 Å². The summed E-state index contributed by atoms with van der Waals surface area (Å²) < 4.78 is 37.9. The topological polar surface area (TPSA) is 84.3 Å². The van der Waals surface area contributed by atoms with Gasteiger partial charge in [-0.25, -0.2) is 4.98 Å². The lowest BCUT2D eigenvalue weighted by Crippen LogP contribution is -2.49. The first-order valence-electron chi connectivity index (χ1n) is 12.4. The molecule has 1 saturated heterocycles. The Morgan fingerprint density at radius 2 is 1.71 bits per heavy atom. The molecule has 0 saturated carbocycles. The molecule has 0 bridgehead atoms. The summed E-state index contributed by atoms with van der Waals surface area (Å²) in [6.45, 7) is 1.25. The van der Waals surface area contributed by atoms with Crippen molar-refractivity contribution in [3.8, 4) is 6.07 Å². The Morgan fingerprint density at radius 3 is 2.32 bits per heavy atom. The second-order valence-electron chi connectivity index (χ2n) is 9.13. The van der Waals surface area contributed by atoms with Gasteiger partial charge < -0.3 is 15.5 Å². The van der Waals surface area contributed by atoms with Crippen molar-refractivity contribution in [1.29, 1.82) is 5.26 Å². The van der Waals surface area contributed by atoms with Crippen molar-refractivity contribution >= 4 is 17.4 Å². The van der Waals surface area contributed by atoms with Gasteiger partial charge in [0.1, 0.15) is 11.9 Å². The van der Waals surface area contributed by atoms with Crippen LogP contribution in [0.25, 0.3) is 0 Å². The molecule has 0 spiro atoms. The Kier molecular flexibility index (Phi) is 8.94. The van der Waals surface area contributed by atoms with E-state index < -0.39 is 18.8 Å². The molecular formula is C28H29F3N6O. The number of halogens is 3. The van der Waals surface area contributed by atoms with Crippen molar-refractivity contribution in [3.05, 3.63) is 89.6 Å². The van der Waals surface area contributed by atoms with E-state index in [1.54, 1.807) is 24.4 Å². The number of carbonyl (C=O) groups excluding carboxylic acids is 1. The van der Waals surface area contributed by atoms with Gasteiger partial charge in [0.2, 0.25) is 5.91 Å². The van der Waals surface area contributed by atoms with Crippen molar-refractivity contribution in [1.82, 2.24) is 15.2 Å². The lowest BCUT2D eigenvalue weighted by molar-refractivity contribution is -0.146. The first kappa shape index (κ1) is 27.1. The van der Waals surface area contributed by atoms with Crippen molar-refractivity contribution in [3.63, 3.8) is 0 Å². The minimum Gasteiger partial charge on any atom is -0.368 e. The summed E-state index contributed by atoms with van der Waals surface area (Å²) >= 11 is 0. The van der Waals surface area contributed by atoms with Crippen LogP contribution in [0.2, 0.25) is 0 Å². The summed E-state index contributed by atoms with van der Waals surface area (Å²) in [6, 6.07) is 21.8. The van der Waals surface area contributed by atoms with Crippen LogP contribution in [0.3, 0.4) is 0 Å². The zero-order valence-electron chi connectivity index (χ0n) is 20.8. The minimum absolute atomic E-state index is 0.253. The van der Waals surface area contributed by atoms with E-state index in [-0.39, 0.29) is 5.91 Å². The maximum Gasteiger partial charge on any atom is 0.401 e. The molecule has 7 nitrogen and oxygen atoms in total. The summed E-state index contributed by atoms with van der Waals surface area (Å²) in [5, 5.41) is 15.1. The van der Waals surface area contributed by atoms with E-state index in [1.165, 1.54) is 4.90 Å². The number of aromatic nitrogens is 1. The van der Waals surface area contributed by atoms with Gasteiger partial charge in [-0.1, -0.05) is 42.5 Å². The molecule has 4 rings (SSSR count). The molecule has 3 aromatic rings. The summed E-state index contributed by atoms with van der Waals surface area (Å²) in [5.74, 6) is 0.140. The Labute approximate surface area is 219 Å². The largest absolute Gasteiger partial charge is 0.401 e. The maximum absolute atomic E-state index is 13.2. The third-order valence-corrected chi connectivity index (χ3v) is 6.38. The predicted octanol–water partition coefficient (Wildman–Crippen LogP) is 4.15. The number of hydrogen-bond donors (Lipinski definition) is 2. The van der Waals surface area contributed by atoms with E-state index >= 15 is 0 Å². The van der Waals surface area contributed by atoms with E-state index in [2.05, 4.69) is 21.7 Å². The van der Waals surface area contributed by atoms with Gasteiger partial charge in [0.25, 0.3) is 0 Å². The Bertz CT molecular complexity index is 1220. The van der Waals surface area contributed by atoms with Gasteiger partial charge >= 0.3 is 6.18 Å². The molecule has 38 heavy (non-hydrogen) atoms. The Morgan fingerprint density at radius 1 is 1.00 bits per heavy atom. The highest BCUT2D eigenvalue weighted by atomic mass is 19.4. The van der Waals surface area contributed by atoms with Crippen molar-refractivity contribution in [2.24, 2.45) is 0 Å². The number of nitrogens with one attached hydrogen (secondary N) is 2. The quantitative estimate of drug-likeness (QED) is 0.439. The van der Waals surface area contributed by atoms with Crippen molar-refractivity contribution < 1.29 is 18.0 Å². The fourth-order valence-corrected chi connectivity index (χ4v) is 4.38. The molecule has 1 aromatic heterocycles. The second-order valence-corrected chi connectivity index (χ2v) is 9.13. The molecular weight excluding hydrogens is 493 g/mol. The Balaban J connectivity index is 1.34. The van der Waals surface area contributed by atoms with Gasteiger partial charge in [-0.15, -0.1) is 0 Å². The summed E-state index contributed by atoms with van der Waals surface area (Å²) in [4.78, 5) is 21.0. The lowest BCUT2D eigenvalue weighted by atomic mass is 10.1. The lowest BCUT2D eigenvalue weighted by Gasteiger charge is -2.36. The molecule has 1 aliphatic heterocycles. The second kappa shape index (κ2) is 12.5. The van der Waals surface area contributed by atoms with E-state index in [9.17, 15) is 18.0 Å². The molecule has 10 heteroatoms. The summed E-state index contributed by atoms with van der Waals surface area (Å²) in [7, 11) is 0. The van der Waals surface area contributed by atoms with Crippen LogP contribution in [-0.4, -0.2) is 61.2 Å². The number of benzene rings is 2. The number of carbonyl (C=O) groups is 1. The molecule has 1 aliphatic rings. The summed E-state index contributed by atoms with van der Waals surface area (Å²) in [6.07, 6.45) is -1.88. The number of rotatable bonds is 9. The van der Waals surface area contributed by atoms with E-state index in [0.717, 1.165) is 16.8 Å². The van der Waals surface area contributed by atoms with E-state index in [1.807, 2.05) is 53.4 Å². The van der Waals surface area contributed by atoms with Crippen LogP contribution >= 0.6 is 0 Å². The average Bonchev–Trinajstić information content (AvgIpc) is 2.92. The monoisotopic (exact) mass is 522 g/mol. The van der Waals surface area contributed by atoms with Crippen LogP contribution in [-0.2, 0) is 11.2 Å². The minimum atomic E-state index is -4.19. The fraction of sp³-hybridized carbons (Fsp3) is 0.321. The number of nitriles is 1. The van der Waals surface area contributed by atoms with E-state index in [0.29, 0.717) is 50.5 Å². The van der Waals surface area contributed by atoms with Crippen molar-refractivity contribution in [2.45, 2.75) is 18.6 Å². The molecule has 2 aromatic carbocycles. The highest BCUT2D eigenvalue weighted by Crippen LogP contribution is 2.22. The van der Waals surface area contributed by atoms with Crippen LogP contribution in [0, 0.1) is 11.3 Å². The molecule has 0 aliphatic carbocycles. The predicted molar refractivity (Wildman–Crippen MR) is 140 cm³/mol. The molecule has 2 N–H and O–H groups in total. The number of anilines is 2. The third kappa shape index (κ3) is 7.78. The zero-order chi connectivity index (χ0) is 27.0. The summed E-state index contributed by atoms with van der Waals surface area (Å²) in [5.41, 5.74) is 3.28. The van der Waals surface area contributed by atoms with Crippen LogP contribution in [0.15, 0.2) is 72.9 Å². The van der Waals surface area contributed by atoms with Gasteiger partial charge in [0.15, 0.2) is 0 Å². The average molecular weight is 523 g/mol. The smallest absolute Gasteiger partial charge is 0.368 e. The highest BCUT2D eigenvalue weighted by Gasteiger charge is 2.32. The SMILES string of the molecule is N#Cc1ccc(CCN[C@H](C(=O)Nc2ccc(N3CCN(CC(F)(F)F)CC3)cn2)c2ccccc2)cc1. The Hall–Kier alpha value is -3.94. The van der Waals surface area contributed by atoms with Crippen LogP contribution in [0.4, 0.5) is 24.7 Å². The molecule has 1 amide bonds. The zero-order valence-corrected chi connectivity index (χ0v) is 20.8. The standard InChI is InChI=1S/C28H29F3N6O/c29-28(30,31)20-36-14-16-37(17-15-36)24-10-11-25(34-19-24)35-27(38)26(23-4-2-1-3-5-23)33-13-12-21-6-8-22(18-32)9-7-21/h1-11,19,26,33H,12-17,20H2,(H,34,35,38)/t26-/m0/s1. The number of amides is 1. The number of alkyl halides is 3. The van der Waals surface area contributed by atoms with Gasteiger partial charge in [0, 0.05) is 32.7 Å². The van der Waals surface area contributed by atoms with Gasteiger partial charge in [-0.2, -0.15) is 18.4 Å². The van der Waals surface area contributed by atoms with Gasteiger partial charge in [-0.3, -0.25) is 9.69 Å². The highest BCUT2D eigenvalue weighted by molar-refractivity contribution is 5.94. The first-order valence-corrected chi connectivity index (χ1v) is 12.4. The molecule has 198 valence electrons. The third-order valence-electron chi connectivity index (χ3n) is 6.38. The van der Waals surface area contributed by atoms with Crippen molar-refractivity contribution in [2.75, 3.05) is 49.5 Å². The number of piperazine rings is 1. The molecule has 0 radical (unpaired) electrons. The molecule has 0 unspecified atom stereocenters. The molecule has 2 heterocycles. The molecule has 1 atom stereocenters. The molecule has 1 fully saturated rings. The number of nitrogens with zero attached hydrogens (tertiary/aromatic N) is 4. The van der Waals surface area contributed by atoms with Crippen LogP contribution in [0.5, 0.6) is 0 Å². The van der Waals surface area contributed by atoms with Crippen LogP contribution < -0.4 is 15.5 Å². The number of hydrogen-bond acceptors (Lipinski definition) is 6. The normalized spacial score (nSPS) is 15.1. The number of pyridine rings is 1.